The summed E-state index contributed by atoms with van der Waals surface area (Å²) in [6, 6.07) is 7.40. The fourth-order valence-electron chi connectivity index (χ4n) is 2.31. The molecule has 2 unspecified atom stereocenters. The Morgan fingerprint density at radius 1 is 1.06 bits per heavy atom. The summed E-state index contributed by atoms with van der Waals surface area (Å²) >= 11 is 0. The van der Waals surface area contributed by atoms with Gasteiger partial charge in [-0.1, -0.05) is 44.2 Å². The molecule has 0 saturated heterocycles. The number of carbonyl (C=O) groups excluding carboxylic acids is 1. The lowest BCUT2D eigenvalue weighted by Crippen LogP contribution is -2.42. The number of aliphatic carboxylic acids is 2. The lowest BCUT2D eigenvalue weighted by atomic mass is 10.1. The molecule has 11 nitrogen and oxygen atoms in total. The quantitative estimate of drug-likeness (QED) is 0.296. The van der Waals surface area contributed by atoms with Gasteiger partial charge in [-0.3, -0.25) is 14.6 Å². The van der Waals surface area contributed by atoms with E-state index in [0.29, 0.717) is 12.3 Å². The summed E-state index contributed by atoms with van der Waals surface area (Å²) in [7, 11) is 0. The van der Waals surface area contributed by atoms with Crippen LogP contribution in [-0.4, -0.2) is 67.8 Å². The number of nitrogens with two attached hydrogens (primary N) is 1. The number of aromatic nitrogens is 2. The van der Waals surface area contributed by atoms with Crippen LogP contribution >= 0.6 is 0 Å². The summed E-state index contributed by atoms with van der Waals surface area (Å²) in [6.45, 7) is 3.89. The van der Waals surface area contributed by atoms with E-state index < -0.39 is 29.9 Å². The van der Waals surface area contributed by atoms with E-state index in [1.165, 1.54) is 18.6 Å². The number of carbonyl (C=O) groups is 3. The van der Waals surface area contributed by atoms with Gasteiger partial charge in [0, 0.05) is 18.8 Å². The molecule has 12 heteroatoms. The summed E-state index contributed by atoms with van der Waals surface area (Å²) in [4.78, 5) is 40.8. The van der Waals surface area contributed by atoms with Gasteiger partial charge in [0.25, 0.3) is 5.91 Å². The van der Waals surface area contributed by atoms with Gasteiger partial charge < -0.3 is 31.3 Å². The van der Waals surface area contributed by atoms with Crippen molar-refractivity contribution in [3.8, 4) is 0 Å². The number of amides is 1. The highest BCUT2D eigenvalue weighted by Crippen LogP contribution is 2.04. The van der Waals surface area contributed by atoms with Crippen LogP contribution in [0.1, 0.15) is 36.3 Å². The van der Waals surface area contributed by atoms with Crippen LogP contribution in [0.5, 0.6) is 0 Å². The van der Waals surface area contributed by atoms with Crippen molar-refractivity contribution in [1.82, 2.24) is 15.3 Å². The van der Waals surface area contributed by atoms with Gasteiger partial charge in [0.2, 0.25) is 0 Å². The van der Waals surface area contributed by atoms with Gasteiger partial charge >= 0.3 is 19.6 Å². The topological polar surface area (TPSA) is 196 Å². The van der Waals surface area contributed by atoms with Crippen LogP contribution in [0.4, 0.5) is 0 Å². The molecule has 173 valence electrons. The smallest absolute Gasteiger partial charge is 0.480 e. The van der Waals surface area contributed by atoms with Gasteiger partial charge in [-0.15, -0.1) is 0 Å². The molecule has 0 saturated carbocycles. The van der Waals surface area contributed by atoms with E-state index in [0.717, 1.165) is 5.56 Å². The maximum absolute atomic E-state index is 11.9. The van der Waals surface area contributed by atoms with Crippen LogP contribution in [0.15, 0.2) is 48.9 Å². The Balaban J connectivity index is 0.000000672. The lowest BCUT2D eigenvalue weighted by Gasteiger charge is -2.14. The first kappa shape index (κ1) is 28.7. The Morgan fingerprint density at radius 3 is 2.06 bits per heavy atom. The zero-order chi connectivity index (χ0) is 24.5. The molecular weight excluding hydrogens is 419 g/mol. The molecule has 1 radical (unpaired) electrons. The summed E-state index contributed by atoms with van der Waals surface area (Å²) in [5.74, 6) is -2.20. The first-order valence-corrected chi connectivity index (χ1v) is 9.54. The van der Waals surface area contributed by atoms with E-state index in [1.54, 1.807) is 0 Å². The molecule has 0 aliphatic rings. The van der Waals surface area contributed by atoms with E-state index in [-0.39, 0.29) is 19.8 Å². The zero-order valence-electron chi connectivity index (χ0n) is 17.8. The number of hydrogen-bond donors (Lipinski definition) is 6. The fraction of sp³-hybridized carbons (Fsp3) is 0.350. The highest BCUT2D eigenvalue weighted by Gasteiger charge is 2.21. The number of hydrogen-bond acceptors (Lipinski definition) is 8. The van der Waals surface area contributed by atoms with Crippen LogP contribution in [0.3, 0.4) is 0 Å². The molecule has 1 aromatic carbocycles. The first-order chi connectivity index (χ1) is 15.1. The average molecular weight is 447 g/mol. The Morgan fingerprint density at radius 2 is 1.66 bits per heavy atom. The Hall–Kier alpha value is -3.35. The number of nitrogens with zero attached hydrogens (tertiary/aromatic N) is 2. The summed E-state index contributed by atoms with van der Waals surface area (Å²) < 4.78 is 0. The van der Waals surface area contributed by atoms with Gasteiger partial charge in [-0.25, -0.2) is 9.78 Å². The number of benzene rings is 1. The SMILES string of the molecule is CC(C)CC(N)C(=O)O.O=C(NC(Cc1ccccc1)C(=O)O)c1cnccn1.O[B]O. The molecule has 7 N–H and O–H groups in total. The monoisotopic (exact) mass is 447 g/mol. The summed E-state index contributed by atoms with van der Waals surface area (Å²) in [5, 5.41) is 33.9. The minimum absolute atomic E-state index is 0. The molecule has 2 rings (SSSR count). The van der Waals surface area contributed by atoms with Crippen LogP contribution in [0, 0.1) is 5.92 Å². The molecule has 1 amide bonds. The van der Waals surface area contributed by atoms with Crippen molar-refractivity contribution < 1.29 is 34.6 Å². The van der Waals surface area contributed by atoms with Crippen LogP contribution in [0.25, 0.3) is 0 Å². The number of nitrogens with one attached hydrogen (secondary N) is 1. The van der Waals surface area contributed by atoms with Gasteiger partial charge in [0.1, 0.15) is 17.8 Å². The van der Waals surface area contributed by atoms with E-state index in [9.17, 15) is 19.5 Å². The Labute approximate surface area is 186 Å². The molecule has 1 aromatic heterocycles. The molecule has 2 aromatic rings. The third kappa shape index (κ3) is 13.1. The minimum atomic E-state index is -1.09. The van der Waals surface area contributed by atoms with Gasteiger partial charge in [0.15, 0.2) is 0 Å². The minimum Gasteiger partial charge on any atom is -0.480 e. The first-order valence-electron chi connectivity index (χ1n) is 9.54. The van der Waals surface area contributed by atoms with E-state index >= 15 is 0 Å². The number of rotatable bonds is 8. The fourth-order valence-corrected chi connectivity index (χ4v) is 2.31. The van der Waals surface area contributed by atoms with Crippen molar-refractivity contribution in [2.24, 2.45) is 11.7 Å². The van der Waals surface area contributed by atoms with Gasteiger partial charge in [-0.05, 0) is 17.9 Å². The molecule has 0 bridgehead atoms. The molecule has 0 spiro atoms. The molecule has 0 fully saturated rings. The normalized spacial score (nSPS) is 11.6. The van der Waals surface area contributed by atoms with Crippen LogP contribution in [0.2, 0.25) is 0 Å². The second kappa shape index (κ2) is 16.4. The second-order valence-corrected chi connectivity index (χ2v) is 6.83. The third-order valence-electron chi connectivity index (χ3n) is 3.72. The molecular formula is C20H28BN4O7. The maximum atomic E-state index is 11.9. The highest BCUT2D eigenvalue weighted by atomic mass is 16.4. The van der Waals surface area contributed by atoms with Gasteiger partial charge in [-0.2, -0.15) is 0 Å². The van der Waals surface area contributed by atoms with E-state index in [4.69, 9.17) is 20.9 Å². The highest BCUT2D eigenvalue weighted by molar-refractivity contribution is 6.13. The largest absolute Gasteiger partial charge is 0.482 e. The molecule has 0 aliphatic heterocycles. The predicted molar refractivity (Wildman–Crippen MR) is 116 cm³/mol. The average Bonchev–Trinajstić information content (AvgIpc) is 2.75. The molecule has 0 aliphatic carbocycles. The molecule has 2 atom stereocenters. The van der Waals surface area contributed by atoms with E-state index in [1.807, 2.05) is 44.2 Å². The lowest BCUT2D eigenvalue weighted by molar-refractivity contribution is -0.140. The van der Waals surface area contributed by atoms with Crippen molar-refractivity contribution in [3.05, 3.63) is 60.2 Å². The number of carboxylic acids is 2. The summed E-state index contributed by atoms with van der Waals surface area (Å²) in [6.07, 6.45) is 4.87. The Bertz CT molecular complexity index is 810. The van der Waals surface area contributed by atoms with Crippen molar-refractivity contribution in [1.29, 1.82) is 0 Å². The van der Waals surface area contributed by atoms with Crippen LogP contribution < -0.4 is 11.1 Å². The predicted octanol–water partition coefficient (Wildman–Crippen LogP) is -0.148. The second-order valence-electron chi connectivity index (χ2n) is 6.83. The van der Waals surface area contributed by atoms with Crippen molar-refractivity contribution in [3.63, 3.8) is 0 Å². The summed E-state index contributed by atoms with van der Waals surface area (Å²) in [5.41, 5.74) is 6.14. The number of carboxylic acid groups (broad SMARTS) is 2. The maximum Gasteiger partial charge on any atom is 0.482 e. The molecule has 1 heterocycles. The molecule has 32 heavy (non-hydrogen) atoms. The van der Waals surface area contributed by atoms with E-state index in [2.05, 4.69) is 15.3 Å². The third-order valence-corrected chi connectivity index (χ3v) is 3.72. The zero-order valence-corrected chi connectivity index (χ0v) is 17.8. The van der Waals surface area contributed by atoms with Crippen LogP contribution in [-0.2, 0) is 16.0 Å². The standard InChI is InChI=1S/C14H13N3O3.C6H13NO2.BH2O2/c18-13(12-9-15-6-7-16-12)17-11(14(19)20)8-10-4-2-1-3-5-10;1-4(2)3-5(7)6(8)9;2-1-3/h1-7,9,11H,8H2,(H,17,18)(H,19,20);4-5H,3,7H2,1-2H3,(H,8,9);2-3H. The van der Waals surface area contributed by atoms with Gasteiger partial charge in [0.05, 0.1) is 6.20 Å². The van der Waals surface area contributed by atoms with Crippen molar-refractivity contribution >= 4 is 25.5 Å². The Kier molecular flexibility index (Phi) is 14.7. The van der Waals surface area contributed by atoms with Crippen molar-refractivity contribution in [2.75, 3.05) is 0 Å². The van der Waals surface area contributed by atoms with Crippen molar-refractivity contribution in [2.45, 2.75) is 38.8 Å².